The molecule has 1 aliphatic heterocycles. The smallest absolute Gasteiger partial charge is 0.0791 e. The first kappa shape index (κ1) is 10.6. The molecular formula is C12H17ClN2. The maximum absolute atomic E-state index is 6.30. The van der Waals surface area contributed by atoms with E-state index in [0.29, 0.717) is 6.04 Å². The number of nitrogens with zero attached hydrogens (tertiary/aromatic N) is 1. The lowest BCUT2D eigenvalue weighted by Crippen LogP contribution is -2.28. The lowest BCUT2D eigenvalue weighted by atomic mass is 10.1. The molecule has 1 heterocycles. The Balaban J connectivity index is 2.53. The van der Waals surface area contributed by atoms with Gasteiger partial charge in [-0.2, -0.15) is 0 Å². The van der Waals surface area contributed by atoms with Gasteiger partial charge in [0.1, 0.15) is 0 Å². The molecule has 0 saturated carbocycles. The van der Waals surface area contributed by atoms with Gasteiger partial charge < -0.3 is 10.2 Å². The summed E-state index contributed by atoms with van der Waals surface area (Å²) in [5, 5.41) is 4.28. The zero-order chi connectivity index (χ0) is 11.0. The molecule has 1 aromatic rings. The predicted molar refractivity (Wildman–Crippen MR) is 67.2 cm³/mol. The number of hydrogen-bond acceptors (Lipinski definition) is 2. The third kappa shape index (κ3) is 1.91. The number of fused-ring (bicyclic) bond motifs is 1. The van der Waals surface area contributed by atoms with Gasteiger partial charge in [0.15, 0.2) is 0 Å². The molecule has 0 bridgehead atoms. The highest BCUT2D eigenvalue weighted by atomic mass is 35.5. The van der Waals surface area contributed by atoms with E-state index in [1.54, 1.807) is 0 Å². The summed E-state index contributed by atoms with van der Waals surface area (Å²) in [6, 6.07) is 4.71. The largest absolute Gasteiger partial charge is 0.383 e. The van der Waals surface area contributed by atoms with Crippen LogP contribution in [0.3, 0.4) is 0 Å². The van der Waals surface area contributed by atoms with Crippen LogP contribution >= 0.6 is 11.6 Å². The summed E-state index contributed by atoms with van der Waals surface area (Å²) < 4.78 is 0. The summed E-state index contributed by atoms with van der Waals surface area (Å²) in [4.78, 5) is 2.26. The topological polar surface area (TPSA) is 15.3 Å². The van der Waals surface area contributed by atoms with Crippen LogP contribution in [0.2, 0.25) is 5.02 Å². The summed E-state index contributed by atoms with van der Waals surface area (Å²) in [5.41, 5.74) is 3.49. The molecule has 3 heteroatoms. The molecule has 0 amide bonds. The van der Waals surface area contributed by atoms with Crippen LogP contribution in [0, 0.1) is 6.92 Å². The van der Waals surface area contributed by atoms with Gasteiger partial charge in [-0.25, -0.2) is 0 Å². The van der Waals surface area contributed by atoms with Crippen LogP contribution in [0.15, 0.2) is 12.1 Å². The number of nitrogens with one attached hydrogen (secondary N) is 1. The van der Waals surface area contributed by atoms with E-state index in [2.05, 4.69) is 37.2 Å². The summed E-state index contributed by atoms with van der Waals surface area (Å²) in [6.45, 7) is 5.31. The molecule has 1 atom stereocenters. The first-order valence-corrected chi connectivity index (χ1v) is 5.74. The molecule has 82 valence electrons. The minimum Gasteiger partial charge on any atom is -0.383 e. The Bertz CT molecular complexity index is 376. The lowest BCUT2D eigenvalue weighted by Gasteiger charge is -2.26. The highest BCUT2D eigenvalue weighted by Crippen LogP contribution is 2.37. The lowest BCUT2D eigenvalue weighted by molar-refractivity contribution is 0.657. The van der Waals surface area contributed by atoms with Gasteiger partial charge in [0.05, 0.1) is 16.4 Å². The molecule has 15 heavy (non-hydrogen) atoms. The molecule has 1 aliphatic rings. The maximum Gasteiger partial charge on any atom is 0.0791 e. The first-order valence-electron chi connectivity index (χ1n) is 5.36. The number of rotatable bonds is 0. The summed E-state index contributed by atoms with van der Waals surface area (Å²) in [7, 11) is 2.11. The fourth-order valence-electron chi connectivity index (χ4n) is 2.06. The fourth-order valence-corrected chi connectivity index (χ4v) is 2.46. The maximum atomic E-state index is 6.30. The second kappa shape index (κ2) is 3.93. The van der Waals surface area contributed by atoms with Gasteiger partial charge in [-0.15, -0.1) is 0 Å². The molecule has 0 aliphatic carbocycles. The second-order valence-corrected chi connectivity index (χ2v) is 4.73. The van der Waals surface area contributed by atoms with Crippen LogP contribution in [0.5, 0.6) is 0 Å². The van der Waals surface area contributed by atoms with Crippen molar-refractivity contribution in [2.24, 2.45) is 0 Å². The summed E-state index contributed by atoms with van der Waals surface area (Å²) in [5.74, 6) is 0. The van der Waals surface area contributed by atoms with Gasteiger partial charge in [0.25, 0.3) is 0 Å². The standard InChI is InChI=1S/C12H17ClN2/c1-8-6-10(13)12-11(7-8)14-5-4-9(2)15(12)3/h6-7,9,14H,4-5H2,1-3H3. The van der Waals surface area contributed by atoms with Gasteiger partial charge in [0.2, 0.25) is 0 Å². The minimum absolute atomic E-state index is 0.527. The Morgan fingerprint density at radius 1 is 1.47 bits per heavy atom. The van der Waals surface area contributed by atoms with Gasteiger partial charge in [-0.3, -0.25) is 0 Å². The van der Waals surface area contributed by atoms with Gasteiger partial charge in [-0.1, -0.05) is 11.6 Å². The summed E-state index contributed by atoms with van der Waals surface area (Å²) in [6.07, 6.45) is 1.14. The zero-order valence-corrected chi connectivity index (χ0v) is 10.2. The third-order valence-electron chi connectivity index (χ3n) is 3.10. The molecule has 1 aromatic carbocycles. The predicted octanol–water partition coefficient (Wildman–Crippen LogP) is 3.29. The quantitative estimate of drug-likeness (QED) is 0.728. The van der Waals surface area contributed by atoms with Gasteiger partial charge in [0, 0.05) is 19.6 Å². The van der Waals surface area contributed by atoms with E-state index in [1.807, 2.05) is 6.07 Å². The van der Waals surface area contributed by atoms with Crippen molar-refractivity contribution in [2.45, 2.75) is 26.3 Å². The average molecular weight is 225 g/mol. The van der Waals surface area contributed by atoms with E-state index in [-0.39, 0.29) is 0 Å². The van der Waals surface area contributed by atoms with Crippen LogP contribution in [0.4, 0.5) is 11.4 Å². The number of anilines is 2. The molecule has 0 saturated heterocycles. The van der Waals surface area contributed by atoms with Crippen LogP contribution in [0.1, 0.15) is 18.9 Å². The van der Waals surface area contributed by atoms with Crippen LogP contribution in [-0.2, 0) is 0 Å². The highest BCUT2D eigenvalue weighted by Gasteiger charge is 2.20. The van der Waals surface area contributed by atoms with Crippen molar-refractivity contribution in [1.82, 2.24) is 0 Å². The summed E-state index contributed by atoms with van der Waals surface area (Å²) >= 11 is 6.30. The zero-order valence-electron chi connectivity index (χ0n) is 9.47. The van der Waals surface area contributed by atoms with Crippen molar-refractivity contribution in [2.75, 3.05) is 23.8 Å². The average Bonchev–Trinajstić information content (AvgIpc) is 2.27. The van der Waals surface area contributed by atoms with Crippen molar-refractivity contribution in [1.29, 1.82) is 0 Å². The molecule has 0 spiro atoms. The second-order valence-electron chi connectivity index (χ2n) is 4.32. The van der Waals surface area contributed by atoms with E-state index in [9.17, 15) is 0 Å². The highest BCUT2D eigenvalue weighted by molar-refractivity contribution is 6.34. The number of halogens is 1. The Morgan fingerprint density at radius 2 is 2.20 bits per heavy atom. The minimum atomic E-state index is 0.527. The Hall–Kier alpha value is -0.890. The van der Waals surface area contributed by atoms with Crippen molar-refractivity contribution in [3.8, 4) is 0 Å². The Kier molecular flexibility index (Phi) is 2.79. The number of benzene rings is 1. The normalized spacial score (nSPS) is 20.5. The molecule has 1 unspecified atom stereocenters. The van der Waals surface area contributed by atoms with Gasteiger partial charge in [-0.05, 0) is 38.0 Å². The van der Waals surface area contributed by atoms with E-state index >= 15 is 0 Å². The van der Waals surface area contributed by atoms with Crippen molar-refractivity contribution < 1.29 is 0 Å². The van der Waals surface area contributed by atoms with Crippen molar-refractivity contribution in [3.63, 3.8) is 0 Å². The van der Waals surface area contributed by atoms with E-state index in [4.69, 9.17) is 11.6 Å². The van der Waals surface area contributed by atoms with E-state index in [0.717, 1.165) is 29.4 Å². The van der Waals surface area contributed by atoms with Crippen molar-refractivity contribution >= 4 is 23.0 Å². The van der Waals surface area contributed by atoms with E-state index in [1.165, 1.54) is 5.56 Å². The van der Waals surface area contributed by atoms with Gasteiger partial charge >= 0.3 is 0 Å². The number of aryl methyl sites for hydroxylation is 1. The number of hydrogen-bond donors (Lipinski definition) is 1. The molecule has 1 N–H and O–H groups in total. The Labute approximate surface area is 96.2 Å². The van der Waals surface area contributed by atoms with Crippen LogP contribution in [0.25, 0.3) is 0 Å². The van der Waals surface area contributed by atoms with E-state index < -0.39 is 0 Å². The molecule has 2 rings (SSSR count). The Morgan fingerprint density at radius 3 is 2.93 bits per heavy atom. The molecule has 0 radical (unpaired) electrons. The fraction of sp³-hybridized carbons (Fsp3) is 0.500. The molecule has 0 aromatic heterocycles. The van der Waals surface area contributed by atoms with Crippen molar-refractivity contribution in [3.05, 3.63) is 22.7 Å². The molecule has 0 fully saturated rings. The molecular weight excluding hydrogens is 208 g/mol. The van der Waals surface area contributed by atoms with Crippen LogP contribution < -0.4 is 10.2 Å². The third-order valence-corrected chi connectivity index (χ3v) is 3.39. The van der Waals surface area contributed by atoms with Crippen LogP contribution in [-0.4, -0.2) is 19.6 Å². The molecule has 2 nitrogen and oxygen atoms in total. The first-order chi connectivity index (χ1) is 7.09. The monoisotopic (exact) mass is 224 g/mol. The SMILES string of the molecule is Cc1cc(Cl)c2c(c1)NCCC(C)N2C.